The van der Waals surface area contributed by atoms with Crippen molar-refractivity contribution in [1.82, 2.24) is 0 Å². The molecule has 0 aliphatic heterocycles. The van der Waals surface area contributed by atoms with Crippen LogP contribution in [-0.2, 0) is 9.68 Å². The van der Waals surface area contributed by atoms with E-state index in [1.54, 1.807) is 0 Å². The molecule has 10 heavy (non-hydrogen) atoms. The van der Waals surface area contributed by atoms with Crippen LogP contribution >= 0.6 is 0 Å². The van der Waals surface area contributed by atoms with Gasteiger partial charge in [0, 0.05) is 6.42 Å². The Hall–Kier alpha value is -0.570. The fourth-order valence-electron chi connectivity index (χ4n) is 0.700. The van der Waals surface area contributed by atoms with Crippen LogP contribution in [0.4, 0.5) is 0 Å². The molecule has 0 aromatic carbocycles. The van der Waals surface area contributed by atoms with Crippen LogP contribution < -0.4 is 0 Å². The van der Waals surface area contributed by atoms with E-state index in [0.717, 1.165) is 12.8 Å². The largest absolute Gasteiger partial charge is 0.342 e. The number of carbonyl (C=O) groups is 1. The molecule has 3 nitrogen and oxygen atoms in total. The van der Waals surface area contributed by atoms with E-state index in [1.165, 1.54) is 0 Å². The zero-order chi connectivity index (χ0) is 7.98. The van der Waals surface area contributed by atoms with Crippen molar-refractivity contribution in [2.24, 2.45) is 5.92 Å². The summed E-state index contributed by atoms with van der Waals surface area (Å²) in [6.45, 7) is 4.18. The highest BCUT2D eigenvalue weighted by atomic mass is 17.1. The highest BCUT2D eigenvalue weighted by Gasteiger charge is 2.01. The lowest BCUT2D eigenvalue weighted by Gasteiger charge is -2.00. The molecule has 0 heterocycles. The second-order valence-corrected chi connectivity index (χ2v) is 2.75. The van der Waals surface area contributed by atoms with Crippen LogP contribution in [0.3, 0.4) is 0 Å². The van der Waals surface area contributed by atoms with Gasteiger partial charge in [-0.3, -0.25) is 0 Å². The maximum absolute atomic E-state index is 10.3. The van der Waals surface area contributed by atoms with Gasteiger partial charge in [0.25, 0.3) is 0 Å². The molecule has 3 heteroatoms. The molecule has 0 saturated carbocycles. The van der Waals surface area contributed by atoms with Crippen LogP contribution in [0.1, 0.15) is 33.1 Å². The van der Waals surface area contributed by atoms with Crippen LogP contribution in [0.2, 0.25) is 0 Å². The van der Waals surface area contributed by atoms with Gasteiger partial charge in [-0.25, -0.2) is 4.79 Å². The van der Waals surface area contributed by atoms with E-state index in [1.807, 2.05) is 0 Å². The van der Waals surface area contributed by atoms with E-state index < -0.39 is 5.97 Å². The van der Waals surface area contributed by atoms with E-state index in [9.17, 15) is 4.79 Å². The van der Waals surface area contributed by atoms with Gasteiger partial charge in [0.1, 0.15) is 0 Å². The molecule has 0 aliphatic rings. The Morgan fingerprint density at radius 3 is 2.60 bits per heavy atom. The Balaban J connectivity index is 3.12. The molecule has 0 aromatic heterocycles. The summed E-state index contributed by atoms with van der Waals surface area (Å²) >= 11 is 0. The summed E-state index contributed by atoms with van der Waals surface area (Å²) in [5, 5.41) is 7.85. The Labute approximate surface area is 60.9 Å². The number of hydrogen-bond donors (Lipinski definition) is 1. The molecular formula is C7H14O3. The maximum Gasteiger partial charge on any atom is 0.342 e. The Kier molecular flexibility index (Phi) is 4.94. The summed E-state index contributed by atoms with van der Waals surface area (Å²) in [7, 11) is 0. The quantitative estimate of drug-likeness (QED) is 0.486. The molecular weight excluding hydrogens is 132 g/mol. The van der Waals surface area contributed by atoms with Crippen molar-refractivity contribution in [3.05, 3.63) is 0 Å². The van der Waals surface area contributed by atoms with Gasteiger partial charge in [-0.1, -0.05) is 20.3 Å². The molecule has 0 fully saturated rings. The van der Waals surface area contributed by atoms with Gasteiger partial charge < -0.3 is 4.89 Å². The van der Waals surface area contributed by atoms with Crippen molar-refractivity contribution in [1.29, 1.82) is 0 Å². The van der Waals surface area contributed by atoms with Crippen LogP contribution in [0.15, 0.2) is 0 Å². The van der Waals surface area contributed by atoms with Crippen molar-refractivity contribution in [2.45, 2.75) is 33.1 Å². The molecule has 0 aliphatic carbocycles. The van der Waals surface area contributed by atoms with Crippen LogP contribution in [0, 0.1) is 5.92 Å². The first-order valence-corrected chi connectivity index (χ1v) is 3.51. The Morgan fingerprint density at radius 1 is 1.60 bits per heavy atom. The molecule has 0 spiro atoms. The van der Waals surface area contributed by atoms with Gasteiger partial charge in [-0.2, -0.15) is 5.26 Å². The van der Waals surface area contributed by atoms with Crippen LogP contribution in [0.5, 0.6) is 0 Å². The predicted molar refractivity (Wildman–Crippen MR) is 37.4 cm³/mol. The van der Waals surface area contributed by atoms with Crippen LogP contribution in [0.25, 0.3) is 0 Å². The normalized spacial score (nSPS) is 10.0. The fourth-order valence-corrected chi connectivity index (χ4v) is 0.700. The minimum absolute atomic E-state index is 0.314. The minimum Gasteiger partial charge on any atom is -0.301 e. The third-order valence-electron chi connectivity index (χ3n) is 1.26. The highest BCUT2D eigenvalue weighted by Crippen LogP contribution is 2.06. The molecule has 0 saturated heterocycles. The van der Waals surface area contributed by atoms with Crippen molar-refractivity contribution >= 4 is 5.97 Å². The molecule has 0 radical (unpaired) electrons. The third kappa shape index (κ3) is 5.56. The second-order valence-electron chi connectivity index (χ2n) is 2.75. The van der Waals surface area contributed by atoms with Gasteiger partial charge in [-0.15, -0.1) is 0 Å². The molecule has 60 valence electrons. The van der Waals surface area contributed by atoms with E-state index in [4.69, 9.17) is 5.26 Å². The number of carbonyl (C=O) groups excluding carboxylic acids is 1. The Bertz CT molecular complexity index is 99.0. The van der Waals surface area contributed by atoms with Gasteiger partial charge in [0.15, 0.2) is 0 Å². The zero-order valence-corrected chi connectivity index (χ0v) is 6.46. The standard InChI is InChI=1S/C7H14O3/c1-6(2)4-3-5-7(8)10-9/h6,9H,3-5H2,1-2H3. The first-order valence-electron chi connectivity index (χ1n) is 3.51. The molecule has 0 rings (SSSR count). The lowest BCUT2D eigenvalue weighted by Crippen LogP contribution is -2.00. The first-order chi connectivity index (χ1) is 4.66. The SMILES string of the molecule is CC(C)CCCC(=O)OO. The first kappa shape index (κ1) is 9.43. The monoisotopic (exact) mass is 146 g/mol. The molecule has 1 N–H and O–H groups in total. The van der Waals surface area contributed by atoms with Crippen molar-refractivity contribution in [3.8, 4) is 0 Å². The average molecular weight is 146 g/mol. The van der Waals surface area contributed by atoms with Gasteiger partial charge >= 0.3 is 5.97 Å². The molecule has 0 atom stereocenters. The fraction of sp³-hybridized carbons (Fsp3) is 0.857. The van der Waals surface area contributed by atoms with Gasteiger partial charge in [0.2, 0.25) is 0 Å². The summed E-state index contributed by atoms with van der Waals surface area (Å²) < 4.78 is 0. The smallest absolute Gasteiger partial charge is 0.301 e. The maximum atomic E-state index is 10.3. The Morgan fingerprint density at radius 2 is 2.20 bits per heavy atom. The highest BCUT2D eigenvalue weighted by molar-refractivity contribution is 5.68. The molecule has 0 amide bonds. The van der Waals surface area contributed by atoms with Gasteiger partial charge in [0.05, 0.1) is 0 Å². The summed E-state index contributed by atoms with van der Waals surface area (Å²) in [4.78, 5) is 13.8. The zero-order valence-electron chi connectivity index (χ0n) is 6.46. The summed E-state index contributed by atoms with van der Waals surface area (Å²) in [5.74, 6) is 0.0622. The van der Waals surface area contributed by atoms with Crippen LogP contribution in [-0.4, -0.2) is 11.2 Å². The summed E-state index contributed by atoms with van der Waals surface area (Å²) in [6, 6.07) is 0. The van der Waals surface area contributed by atoms with E-state index in [-0.39, 0.29) is 0 Å². The lowest BCUT2D eigenvalue weighted by atomic mass is 10.1. The second kappa shape index (κ2) is 5.23. The number of rotatable bonds is 4. The predicted octanol–water partition coefficient (Wildman–Crippen LogP) is 1.83. The summed E-state index contributed by atoms with van der Waals surface area (Å²) in [6.07, 6.45) is 2.10. The van der Waals surface area contributed by atoms with E-state index in [0.29, 0.717) is 12.3 Å². The molecule has 0 aromatic rings. The lowest BCUT2D eigenvalue weighted by molar-refractivity contribution is -0.234. The average Bonchev–Trinajstić information content (AvgIpc) is 1.87. The third-order valence-corrected chi connectivity index (χ3v) is 1.26. The van der Waals surface area contributed by atoms with Crippen molar-refractivity contribution in [3.63, 3.8) is 0 Å². The topological polar surface area (TPSA) is 46.5 Å². The molecule has 0 bridgehead atoms. The van der Waals surface area contributed by atoms with E-state index in [2.05, 4.69) is 18.7 Å². The molecule has 0 unspecified atom stereocenters. The van der Waals surface area contributed by atoms with Gasteiger partial charge in [-0.05, 0) is 12.3 Å². The minimum atomic E-state index is -0.541. The van der Waals surface area contributed by atoms with Crippen molar-refractivity contribution in [2.75, 3.05) is 0 Å². The van der Waals surface area contributed by atoms with E-state index >= 15 is 0 Å². The number of hydrogen-bond acceptors (Lipinski definition) is 3. The summed E-state index contributed by atoms with van der Waals surface area (Å²) in [5.41, 5.74) is 0. The van der Waals surface area contributed by atoms with Crippen molar-refractivity contribution < 1.29 is 14.9 Å².